The average Bonchev–Trinajstić information content (AvgIpc) is 3.16. The van der Waals surface area contributed by atoms with Crippen LogP contribution in [-0.4, -0.2) is 25.7 Å². The molecule has 2 rings (SSSR count). The van der Waals surface area contributed by atoms with Gasteiger partial charge in [-0.05, 0) is 37.0 Å². The van der Waals surface area contributed by atoms with Crippen LogP contribution in [0.4, 0.5) is 4.39 Å². The molecule has 0 radical (unpaired) electrons. The molecule has 0 heterocycles. The molecule has 0 aromatic heterocycles. The highest BCUT2D eigenvalue weighted by molar-refractivity contribution is 7.80. The van der Waals surface area contributed by atoms with E-state index in [9.17, 15) is 9.18 Å². The predicted octanol–water partition coefficient (Wildman–Crippen LogP) is 2.27. The number of carbonyl (C=O) groups excluding carboxylic acids is 1. The van der Waals surface area contributed by atoms with Crippen LogP contribution in [0.5, 0.6) is 0 Å². The van der Waals surface area contributed by atoms with Crippen molar-refractivity contribution in [2.24, 2.45) is 5.92 Å². The molecule has 1 fully saturated rings. The van der Waals surface area contributed by atoms with E-state index in [2.05, 4.69) is 17.9 Å². The van der Waals surface area contributed by atoms with Crippen molar-refractivity contribution >= 4 is 18.5 Å². The van der Waals surface area contributed by atoms with E-state index in [1.54, 1.807) is 0 Å². The molecular formula is C13H16FNO2S. The summed E-state index contributed by atoms with van der Waals surface area (Å²) in [4.78, 5) is 11.9. The van der Waals surface area contributed by atoms with Crippen molar-refractivity contribution in [3.05, 3.63) is 29.6 Å². The van der Waals surface area contributed by atoms with Gasteiger partial charge in [0.15, 0.2) is 0 Å². The van der Waals surface area contributed by atoms with Crippen LogP contribution >= 0.6 is 12.6 Å². The fraction of sp³-hybridized carbons (Fsp3) is 0.462. The number of nitrogens with one attached hydrogen (secondary N) is 1. The second-order valence-corrected chi connectivity index (χ2v) is 4.92. The third-order valence-corrected chi connectivity index (χ3v) is 3.13. The molecule has 1 aliphatic rings. The molecule has 1 aliphatic carbocycles. The first-order valence-electron chi connectivity index (χ1n) is 6.01. The number of thiol groups is 1. The Kier molecular flexibility index (Phi) is 4.60. The molecule has 0 saturated heterocycles. The van der Waals surface area contributed by atoms with Gasteiger partial charge in [0.05, 0.1) is 6.61 Å². The first-order chi connectivity index (χ1) is 8.66. The molecule has 1 saturated carbocycles. The lowest BCUT2D eigenvalue weighted by Gasteiger charge is -2.06. The van der Waals surface area contributed by atoms with Crippen molar-refractivity contribution < 1.29 is 13.9 Å². The van der Waals surface area contributed by atoms with Crippen molar-refractivity contribution in [3.8, 4) is 0 Å². The van der Waals surface area contributed by atoms with Gasteiger partial charge in [-0.15, -0.1) is 12.6 Å². The summed E-state index contributed by atoms with van der Waals surface area (Å²) < 4.78 is 18.4. The summed E-state index contributed by atoms with van der Waals surface area (Å²) in [5.74, 6) is 0.0625. The molecule has 1 aromatic carbocycles. The van der Waals surface area contributed by atoms with Gasteiger partial charge in [-0.3, -0.25) is 4.79 Å². The lowest BCUT2D eigenvalue weighted by Crippen LogP contribution is -2.27. The summed E-state index contributed by atoms with van der Waals surface area (Å²) in [7, 11) is 0. The zero-order valence-corrected chi connectivity index (χ0v) is 10.9. The number of benzene rings is 1. The zero-order chi connectivity index (χ0) is 13.0. The second kappa shape index (κ2) is 6.20. The van der Waals surface area contributed by atoms with E-state index in [1.165, 1.54) is 31.0 Å². The Hall–Kier alpha value is -1.07. The fourth-order valence-corrected chi connectivity index (χ4v) is 1.74. The molecule has 0 unspecified atom stereocenters. The van der Waals surface area contributed by atoms with Crippen LogP contribution < -0.4 is 5.32 Å². The number of hydrogen-bond acceptors (Lipinski definition) is 3. The molecular weight excluding hydrogens is 253 g/mol. The zero-order valence-electron chi connectivity index (χ0n) is 9.99. The topological polar surface area (TPSA) is 38.3 Å². The van der Waals surface area contributed by atoms with Crippen molar-refractivity contribution in [2.45, 2.75) is 17.7 Å². The Bertz CT molecular complexity index is 435. The number of ether oxygens (including phenoxy) is 1. The smallest absolute Gasteiger partial charge is 0.251 e. The third-order valence-electron chi connectivity index (χ3n) is 2.79. The monoisotopic (exact) mass is 269 g/mol. The molecule has 0 bridgehead atoms. The van der Waals surface area contributed by atoms with Crippen molar-refractivity contribution in [1.82, 2.24) is 5.32 Å². The molecule has 1 amide bonds. The van der Waals surface area contributed by atoms with E-state index in [-0.39, 0.29) is 10.8 Å². The van der Waals surface area contributed by atoms with Gasteiger partial charge in [0.2, 0.25) is 0 Å². The summed E-state index contributed by atoms with van der Waals surface area (Å²) in [6, 6.07) is 4.09. The molecule has 0 spiro atoms. The fourth-order valence-electron chi connectivity index (χ4n) is 1.53. The second-order valence-electron chi connectivity index (χ2n) is 4.44. The Balaban J connectivity index is 1.70. The lowest BCUT2D eigenvalue weighted by molar-refractivity contribution is 0.0906. The molecule has 98 valence electrons. The van der Waals surface area contributed by atoms with E-state index in [0.29, 0.717) is 18.7 Å². The van der Waals surface area contributed by atoms with Crippen LogP contribution in [0.1, 0.15) is 23.2 Å². The Morgan fingerprint density at radius 1 is 1.50 bits per heavy atom. The SMILES string of the molecule is O=C(NCCOCC1CC1)c1ccc(F)c(S)c1. The van der Waals surface area contributed by atoms with Gasteiger partial charge >= 0.3 is 0 Å². The summed E-state index contributed by atoms with van der Waals surface area (Å²) in [6.45, 7) is 1.76. The summed E-state index contributed by atoms with van der Waals surface area (Å²) in [6.07, 6.45) is 2.51. The largest absolute Gasteiger partial charge is 0.379 e. The molecule has 1 N–H and O–H groups in total. The molecule has 0 atom stereocenters. The van der Waals surface area contributed by atoms with Crippen molar-refractivity contribution in [1.29, 1.82) is 0 Å². The highest BCUT2D eigenvalue weighted by Gasteiger charge is 2.20. The van der Waals surface area contributed by atoms with Gasteiger partial charge in [-0.25, -0.2) is 4.39 Å². The van der Waals surface area contributed by atoms with Gasteiger partial charge < -0.3 is 10.1 Å². The quantitative estimate of drug-likeness (QED) is 0.614. The van der Waals surface area contributed by atoms with Gasteiger partial charge in [0, 0.05) is 23.6 Å². The van der Waals surface area contributed by atoms with Crippen LogP contribution in [0, 0.1) is 11.7 Å². The maximum absolute atomic E-state index is 13.0. The number of hydrogen-bond donors (Lipinski definition) is 2. The van der Waals surface area contributed by atoms with Crippen LogP contribution in [0.25, 0.3) is 0 Å². The Labute approximate surface area is 111 Å². The van der Waals surface area contributed by atoms with Crippen molar-refractivity contribution in [3.63, 3.8) is 0 Å². The number of amides is 1. The summed E-state index contributed by atoms with van der Waals surface area (Å²) in [5.41, 5.74) is 0.406. The molecule has 18 heavy (non-hydrogen) atoms. The molecule has 0 aliphatic heterocycles. The maximum atomic E-state index is 13.0. The van der Waals surface area contributed by atoms with Gasteiger partial charge in [0.25, 0.3) is 5.91 Å². The number of halogens is 1. The van der Waals surface area contributed by atoms with E-state index < -0.39 is 5.82 Å². The summed E-state index contributed by atoms with van der Waals surface area (Å²) >= 11 is 3.94. The van der Waals surface area contributed by atoms with Gasteiger partial charge in [0.1, 0.15) is 5.82 Å². The number of carbonyl (C=O) groups is 1. The predicted molar refractivity (Wildman–Crippen MR) is 69.5 cm³/mol. The number of rotatable bonds is 6. The van der Waals surface area contributed by atoms with Crippen LogP contribution in [-0.2, 0) is 4.74 Å². The first-order valence-corrected chi connectivity index (χ1v) is 6.46. The molecule has 3 nitrogen and oxygen atoms in total. The van der Waals surface area contributed by atoms with Gasteiger partial charge in [-0.1, -0.05) is 0 Å². The minimum Gasteiger partial charge on any atom is -0.379 e. The Morgan fingerprint density at radius 3 is 2.94 bits per heavy atom. The normalized spacial score (nSPS) is 14.6. The minimum absolute atomic E-state index is 0.174. The molecule has 5 heteroatoms. The average molecular weight is 269 g/mol. The minimum atomic E-state index is -0.428. The summed E-state index contributed by atoms with van der Waals surface area (Å²) in [5, 5.41) is 2.72. The van der Waals surface area contributed by atoms with Crippen LogP contribution in [0.15, 0.2) is 23.1 Å². The van der Waals surface area contributed by atoms with E-state index in [0.717, 1.165) is 12.5 Å². The lowest BCUT2D eigenvalue weighted by atomic mass is 10.2. The van der Waals surface area contributed by atoms with E-state index in [4.69, 9.17) is 4.74 Å². The third kappa shape index (κ3) is 3.99. The van der Waals surface area contributed by atoms with Crippen molar-refractivity contribution in [2.75, 3.05) is 19.8 Å². The maximum Gasteiger partial charge on any atom is 0.251 e. The molecule has 1 aromatic rings. The first kappa shape index (κ1) is 13.4. The highest BCUT2D eigenvalue weighted by atomic mass is 32.1. The Morgan fingerprint density at radius 2 is 2.28 bits per heavy atom. The van der Waals surface area contributed by atoms with E-state index >= 15 is 0 Å². The van der Waals surface area contributed by atoms with Gasteiger partial charge in [-0.2, -0.15) is 0 Å². The van der Waals surface area contributed by atoms with Crippen LogP contribution in [0.2, 0.25) is 0 Å². The van der Waals surface area contributed by atoms with E-state index in [1.807, 2.05) is 0 Å². The highest BCUT2D eigenvalue weighted by Crippen LogP contribution is 2.28. The van der Waals surface area contributed by atoms with Crippen LogP contribution in [0.3, 0.4) is 0 Å². The standard InChI is InChI=1S/C13H16FNO2S/c14-11-4-3-10(7-12(11)18)13(16)15-5-6-17-8-9-1-2-9/h3-4,7,9,18H,1-2,5-6,8H2,(H,15,16).